The fourth-order valence-electron chi connectivity index (χ4n) is 1.79. The number of aliphatic imine (C=N–C) groups is 1. The highest BCUT2D eigenvalue weighted by atomic mass is 15.2. The van der Waals surface area contributed by atoms with Crippen molar-refractivity contribution < 1.29 is 0 Å². The molecular weight excluding hydrogens is 234 g/mol. The second-order valence-electron chi connectivity index (χ2n) is 5.19. The summed E-state index contributed by atoms with van der Waals surface area (Å²) in [5.41, 5.74) is 2.76. The van der Waals surface area contributed by atoms with Crippen LogP contribution in [-0.4, -0.2) is 26.1 Å². The molecule has 0 aliphatic heterocycles. The van der Waals surface area contributed by atoms with Gasteiger partial charge in [0.1, 0.15) is 0 Å². The molecule has 0 aliphatic carbocycles. The van der Waals surface area contributed by atoms with Gasteiger partial charge in [0, 0.05) is 20.1 Å². The molecule has 0 saturated heterocycles. The molecule has 0 saturated carbocycles. The number of benzene rings is 1. The Morgan fingerprint density at radius 1 is 1.11 bits per heavy atom. The van der Waals surface area contributed by atoms with Crippen LogP contribution in [0.4, 0.5) is 0 Å². The molecular formula is C16H27N3. The third-order valence-electron chi connectivity index (χ3n) is 3.04. The van der Waals surface area contributed by atoms with Gasteiger partial charge in [0.25, 0.3) is 0 Å². The summed E-state index contributed by atoms with van der Waals surface area (Å²) in [4.78, 5) is 4.21. The molecule has 0 radical (unpaired) electrons. The van der Waals surface area contributed by atoms with E-state index in [2.05, 4.69) is 60.7 Å². The second kappa shape index (κ2) is 8.57. The van der Waals surface area contributed by atoms with Gasteiger partial charge in [-0.1, -0.05) is 45.0 Å². The molecule has 3 nitrogen and oxygen atoms in total. The molecule has 1 aromatic rings. The van der Waals surface area contributed by atoms with E-state index in [0.29, 0.717) is 5.92 Å². The van der Waals surface area contributed by atoms with Crippen LogP contribution in [0.5, 0.6) is 0 Å². The minimum atomic E-state index is 0.625. The zero-order valence-corrected chi connectivity index (χ0v) is 12.7. The SMILES string of the molecule is CCc1ccc(CCNC(=NC)NCC(C)C)cc1. The molecule has 0 spiro atoms. The van der Waals surface area contributed by atoms with Crippen molar-refractivity contribution >= 4 is 5.96 Å². The van der Waals surface area contributed by atoms with E-state index in [4.69, 9.17) is 0 Å². The Morgan fingerprint density at radius 2 is 1.74 bits per heavy atom. The first-order valence-corrected chi connectivity index (χ1v) is 7.18. The quantitative estimate of drug-likeness (QED) is 0.610. The van der Waals surface area contributed by atoms with Crippen molar-refractivity contribution in [3.8, 4) is 0 Å². The number of guanidine groups is 1. The number of aryl methyl sites for hydroxylation is 1. The monoisotopic (exact) mass is 261 g/mol. The van der Waals surface area contributed by atoms with E-state index in [9.17, 15) is 0 Å². The fraction of sp³-hybridized carbons (Fsp3) is 0.562. The molecule has 106 valence electrons. The van der Waals surface area contributed by atoms with Crippen LogP contribution in [0.1, 0.15) is 31.9 Å². The predicted molar refractivity (Wildman–Crippen MR) is 83.7 cm³/mol. The van der Waals surface area contributed by atoms with Gasteiger partial charge >= 0.3 is 0 Å². The minimum absolute atomic E-state index is 0.625. The van der Waals surface area contributed by atoms with Crippen molar-refractivity contribution in [3.63, 3.8) is 0 Å². The van der Waals surface area contributed by atoms with Crippen molar-refractivity contribution in [2.24, 2.45) is 10.9 Å². The van der Waals surface area contributed by atoms with Crippen LogP contribution >= 0.6 is 0 Å². The van der Waals surface area contributed by atoms with Crippen LogP contribution in [-0.2, 0) is 12.8 Å². The molecule has 0 amide bonds. The molecule has 0 heterocycles. The number of nitrogens with one attached hydrogen (secondary N) is 2. The maximum atomic E-state index is 4.21. The third-order valence-corrected chi connectivity index (χ3v) is 3.04. The zero-order valence-electron chi connectivity index (χ0n) is 12.7. The molecule has 1 aromatic carbocycles. The molecule has 2 N–H and O–H groups in total. The standard InChI is InChI=1S/C16H27N3/c1-5-14-6-8-15(9-7-14)10-11-18-16(17-4)19-12-13(2)3/h6-9,13H,5,10-12H2,1-4H3,(H2,17,18,19). The summed E-state index contributed by atoms with van der Waals surface area (Å²) in [5.74, 6) is 1.51. The fourth-order valence-corrected chi connectivity index (χ4v) is 1.79. The number of hydrogen-bond donors (Lipinski definition) is 2. The van der Waals surface area contributed by atoms with Crippen molar-refractivity contribution in [2.45, 2.75) is 33.6 Å². The van der Waals surface area contributed by atoms with Crippen LogP contribution in [0.25, 0.3) is 0 Å². The Bertz CT molecular complexity index is 379. The lowest BCUT2D eigenvalue weighted by Crippen LogP contribution is -2.39. The van der Waals surface area contributed by atoms with Gasteiger partial charge in [0.15, 0.2) is 5.96 Å². The molecule has 3 heteroatoms. The van der Waals surface area contributed by atoms with E-state index in [1.807, 2.05) is 7.05 Å². The molecule has 0 fully saturated rings. The highest BCUT2D eigenvalue weighted by Crippen LogP contribution is 2.05. The Labute approximate surface area is 117 Å². The van der Waals surface area contributed by atoms with Crippen LogP contribution < -0.4 is 10.6 Å². The maximum Gasteiger partial charge on any atom is 0.190 e. The predicted octanol–water partition coefficient (Wildman–Crippen LogP) is 2.61. The van der Waals surface area contributed by atoms with E-state index in [-0.39, 0.29) is 0 Å². The smallest absolute Gasteiger partial charge is 0.190 e. The zero-order chi connectivity index (χ0) is 14.1. The van der Waals surface area contributed by atoms with E-state index in [1.165, 1.54) is 11.1 Å². The van der Waals surface area contributed by atoms with Gasteiger partial charge in [-0.2, -0.15) is 0 Å². The summed E-state index contributed by atoms with van der Waals surface area (Å²) in [7, 11) is 1.81. The lowest BCUT2D eigenvalue weighted by molar-refractivity contribution is 0.614. The first-order valence-electron chi connectivity index (χ1n) is 7.18. The molecule has 1 rings (SSSR count). The molecule has 0 bridgehead atoms. The van der Waals surface area contributed by atoms with Gasteiger partial charge < -0.3 is 10.6 Å². The first kappa shape index (κ1) is 15.5. The Hall–Kier alpha value is -1.51. The number of hydrogen-bond acceptors (Lipinski definition) is 1. The Kier molecular flexibility index (Phi) is 7.01. The topological polar surface area (TPSA) is 36.4 Å². The highest BCUT2D eigenvalue weighted by Gasteiger charge is 1.99. The van der Waals surface area contributed by atoms with E-state index < -0.39 is 0 Å². The summed E-state index contributed by atoms with van der Waals surface area (Å²) < 4.78 is 0. The van der Waals surface area contributed by atoms with E-state index in [1.54, 1.807) is 0 Å². The summed E-state index contributed by atoms with van der Waals surface area (Å²) in [6.45, 7) is 8.42. The average molecular weight is 261 g/mol. The van der Waals surface area contributed by atoms with Gasteiger partial charge in [-0.05, 0) is 29.9 Å². The van der Waals surface area contributed by atoms with Crippen molar-refractivity contribution in [3.05, 3.63) is 35.4 Å². The van der Waals surface area contributed by atoms with Crippen LogP contribution in [0, 0.1) is 5.92 Å². The molecule has 0 aliphatic rings. The molecule has 0 atom stereocenters. The minimum Gasteiger partial charge on any atom is -0.356 e. The largest absolute Gasteiger partial charge is 0.356 e. The van der Waals surface area contributed by atoms with Crippen LogP contribution in [0.2, 0.25) is 0 Å². The summed E-state index contributed by atoms with van der Waals surface area (Å²) in [6.07, 6.45) is 2.12. The summed E-state index contributed by atoms with van der Waals surface area (Å²) >= 11 is 0. The van der Waals surface area contributed by atoms with Gasteiger partial charge in [-0.25, -0.2) is 0 Å². The third kappa shape index (κ3) is 6.27. The van der Waals surface area contributed by atoms with Crippen molar-refractivity contribution in [1.29, 1.82) is 0 Å². The van der Waals surface area contributed by atoms with Crippen molar-refractivity contribution in [1.82, 2.24) is 10.6 Å². The van der Waals surface area contributed by atoms with Gasteiger partial charge in [0.2, 0.25) is 0 Å². The first-order chi connectivity index (χ1) is 9.15. The highest BCUT2D eigenvalue weighted by molar-refractivity contribution is 5.79. The maximum absolute atomic E-state index is 4.21. The number of nitrogens with zero attached hydrogens (tertiary/aromatic N) is 1. The van der Waals surface area contributed by atoms with Crippen molar-refractivity contribution in [2.75, 3.05) is 20.1 Å². The molecule has 0 aromatic heterocycles. The lowest BCUT2D eigenvalue weighted by Gasteiger charge is -2.13. The summed E-state index contributed by atoms with van der Waals surface area (Å²) in [5, 5.41) is 6.65. The van der Waals surface area contributed by atoms with Crippen LogP contribution in [0.3, 0.4) is 0 Å². The van der Waals surface area contributed by atoms with E-state index >= 15 is 0 Å². The summed E-state index contributed by atoms with van der Waals surface area (Å²) in [6, 6.07) is 8.85. The van der Waals surface area contributed by atoms with Gasteiger partial charge in [-0.3, -0.25) is 4.99 Å². The van der Waals surface area contributed by atoms with Crippen LogP contribution in [0.15, 0.2) is 29.3 Å². The van der Waals surface area contributed by atoms with Gasteiger partial charge in [-0.15, -0.1) is 0 Å². The normalized spacial score (nSPS) is 11.7. The average Bonchev–Trinajstić information content (AvgIpc) is 2.43. The Balaban J connectivity index is 2.31. The Morgan fingerprint density at radius 3 is 2.26 bits per heavy atom. The number of rotatable bonds is 6. The molecule has 19 heavy (non-hydrogen) atoms. The lowest BCUT2D eigenvalue weighted by atomic mass is 10.1. The van der Waals surface area contributed by atoms with E-state index in [0.717, 1.165) is 31.9 Å². The second-order valence-corrected chi connectivity index (χ2v) is 5.19. The molecule has 0 unspecified atom stereocenters. The van der Waals surface area contributed by atoms with Gasteiger partial charge in [0.05, 0.1) is 0 Å².